The fraction of sp³-hybridized carbons (Fsp3) is 0.265. The van der Waals surface area contributed by atoms with E-state index < -0.39 is 12.0 Å². The topological polar surface area (TPSA) is 88.4 Å². The maximum atomic E-state index is 14.3. The van der Waals surface area contributed by atoms with E-state index in [2.05, 4.69) is 20.9 Å². The van der Waals surface area contributed by atoms with Crippen molar-refractivity contribution in [3.8, 4) is 17.2 Å². The Morgan fingerprint density at radius 3 is 2.58 bits per heavy atom. The number of hydrogen-bond acceptors (Lipinski definition) is 8. The summed E-state index contributed by atoms with van der Waals surface area (Å²) in [6, 6.07) is 16.3. The number of esters is 1. The monoisotopic (exact) mass is 694 g/mol. The van der Waals surface area contributed by atoms with E-state index >= 15 is 0 Å². The highest BCUT2D eigenvalue weighted by atomic mass is 79.9. The highest BCUT2D eigenvalue weighted by Gasteiger charge is 2.34. The highest BCUT2D eigenvalue weighted by molar-refractivity contribution is 9.10. The van der Waals surface area contributed by atoms with Crippen molar-refractivity contribution in [2.45, 2.75) is 46.4 Å². The number of aromatic nitrogens is 1. The summed E-state index contributed by atoms with van der Waals surface area (Å²) in [6.45, 7) is 7.46. The van der Waals surface area contributed by atoms with Crippen molar-refractivity contribution < 1.29 is 28.1 Å². The van der Waals surface area contributed by atoms with Crippen LogP contribution in [0.25, 0.3) is 6.08 Å². The molecule has 0 aliphatic carbocycles. The van der Waals surface area contributed by atoms with Crippen molar-refractivity contribution >= 4 is 39.3 Å². The van der Waals surface area contributed by atoms with Crippen molar-refractivity contribution in [2.75, 3.05) is 13.7 Å². The lowest BCUT2D eigenvalue weighted by Crippen LogP contribution is -2.40. The summed E-state index contributed by atoms with van der Waals surface area (Å²) < 4.78 is 39.8. The van der Waals surface area contributed by atoms with Gasteiger partial charge in [-0.15, -0.1) is 0 Å². The number of hydrogen-bond donors (Lipinski definition) is 0. The third-order valence-electron chi connectivity index (χ3n) is 6.98. The summed E-state index contributed by atoms with van der Waals surface area (Å²) in [5.74, 6) is 0.553. The molecule has 0 spiro atoms. The second-order valence-electron chi connectivity index (χ2n) is 10.4. The van der Waals surface area contributed by atoms with E-state index in [-0.39, 0.29) is 36.3 Å². The Labute approximate surface area is 272 Å². The lowest BCUT2D eigenvalue weighted by atomic mass is 9.95. The first-order chi connectivity index (χ1) is 21.6. The molecule has 0 N–H and O–H groups in total. The Morgan fingerprint density at radius 1 is 1.11 bits per heavy atom. The Bertz CT molecular complexity index is 1970. The van der Waals surface area contributed by atoms with E-state index in [9.17, 15) is 14.0 Å². The molecule has 2 heterocycles. The third-order valence-corrected chi connectivity index (χ3v) is 8.46. The number of benzene rings is 3. The number of thiazole rings is 1. The average molecular weight is 696 g/mol. The van der Waals surface area contributed by atoms with E-state index in [1.807, 2.05) is 32.0 Å². The van der Waals surface area contributed by atoms with E-state index in [4.69, 9.17) is 18.9 Å². The fourth-order valence-corrected chi connectivity index (χ4v) is 6.40. The van der Waals surface area contributed by atoms with Crippen molar-refractivity contribution in [3.05, 3.63) is 119 Å². The van der Waals surface area contributed by atoms with Crippen LogP contribution in [0.1, 0.15) is 50.4 Å². The summed E-state index contributed by atoms with van der Waals surface area (Å²) >= 11 is 4.69. The molecule has 1 aromatic heterocycles. The van der Waals surface area contributed by atoms with Gasteiger partial charge in [-0.2, -0.15) is 0 Å². The van der Waals surface area contributed by atoms with Crippen molar-refractivity contribution in [2.24, 2.45) is 4.99 Å². The van der Waals surface area contributed by atoms with Crippen LogP contribution < -0.4 is 29.1 Å². The Balaban J connectivity index is 1.64. The number of halogens is 2. The molecule has 11 heteroatoms. The van der Waals surface area contributed by atoms with Gasteiger partial charge in [-0.1, -0.05) is 51.5 Å². The van der Waals surface area contributed by atoms with E-state index in [1.165, 1.54) is 29.1 Å². The molecule has 4 aromatic rings. The zero-order valence-electron chi connectivity index (χ0n) is 25.4. The van der Waals surface area contributed by atoms with Crippen LogP contribution in [-0.2, 0) is 16.1 Å². The summed E-state index contributed by atoms with van der Waals surface area (Å²) in [7, 11) is 1.54. The summed E-state index contributed by atoms with van der Waals surface area (Å²) in [4.78, 5) is 32.6. The van der Waals surface area contributed by atoms with Gasteiger partial charge in [0.1, 0.15) is 18.2 Å². The second-order valence-corrected chi connectivity index (χ2v) is 12.4. The summed E-state index contributed by atoms with van der Waals surface area (Å²) in [5, 5.41) is 0. The van der Waals surface area contributed by atoms with Crippen LogP contribution in [0.2, 0.25) is 0 Å². The van der Waals surface area contributed by atoms with Gasteiger partial charge in [-0.05, 0) is 75.7 Å². The van der Waals surface area contributed by atoms with Crippen LogP contribution in [0.15, 0.2) is 86.2 Å². The maximum Gasteiger partial charge on any atom is 0.338 e. The fourth-order valence-electron chi connectivity index (χ4n) is 4.99. The predicted molar refractivity (Wildman–Crippen MR) is 174 cm³/mol. The number of fused-ring (bicyclic) bond motifs is 1. The van der Waals surface area contributed by atoms with Gasteiger partial charge in [0, 0.05) is 15.6 Å². The Hall–Kier alpha value is -4.22. The van der Waals surface area contributed by atoms with Gasteiger partial charge in [-0.25, -0.2) is 14.2 Å². The van der Waals surface area contributed by atoms with Crippen LogP contribution in [0.4, 0.5) is 4.39 Å². The van der Waals surface area contributed by atoms with Crippen LogP contribution >= 0.6 is 27.3 Å². The molecule has 234 valence electrons. The number of allylic oxidation sites excluding steroid dienone is 1. The molecule has 0 amide bonds. The minimum atomic E-state index is -0.830. The summed E-state index contributed by atoms with van der Waals surface area (Å²) in [5.41, 5.74) is 2.01. The van der Waals surface area contributed by atoms with Crippen LogP contribution in [0, 0.1) is 5.82 Å². The second kappa shape index (κ2) is 13.8. The first kappa shape index (κ1) is 32.2. The minimum absolute atomic E-state index is 0.0108. The zero-order chi connectivity index (χ0) is 32.2. The molecule has 1 atom stereocenters. The molecule has 0 unspecified atom stereocenters. The molecule has 3 aromatic carbocycles. The van der Waals surface area contributed by atoms with Crippen LogP contribution in [0.5, 0.6) is 17.2 Å². The lowest BCUT2D eigenvalue weighted by molar-refractivity contribution is -0.139. The Morgan fingerprint density at radius 2 is 1.87 bits per heavy atom. The number of carbonyl (C=O) groups excluding carboxylic acids is 1. The maximum absolute atomic E-state index is 14.3. The molecule has 0 bridgehead atoms. The third kappa shape index (κ3) is 6.89. The van der Waals surface area contributed by atoms with E-state index in [0.717, 1.165) is 4.47 Å². The number of carbonyl (C=O) groups is 1. The normalized spacial score (nSPS) is 14.7. The van der Waals surface area contributed by atoms with Gasteiger partial charge >= 0.3 is 5.97 Å². The highest BCUT2D eigenvalue weighted by Crippen LogP contribution is 2.36. The first-order valence-electron chi connectivity index (χ1n) is 14.3. The number of nitrogens with zero attached hydrogens (tertiary/aromatic N) is 2. The number of rotatable bonds is 10. The average Bonchev–Trinajstić information content (AvgIpc) is 3.30. The van der Waals surface area contributed by atoms with Gasteiger partial charge in [0.05, 0.1) is 41.7 Å². The smallest absolute Gasteiger partial charge is 0.338 e. The predicted octanol–water partition coefficient (Wildman–Crippen LogP) is 6.07. The van der Waals surface area contributed by atoms with E-state index in [0.29, 0.717) is 49.0 Å². The van der Waals surface area contributed by atoms with Crippen molar-refractivity contribution in [1.29, 1.82) is 0 Å². The van der Waals surface area contributed by atoms with Gasteiger partial charge < -0.3 is 18.9 Å². The molecule has 45 heavy (non-hydrogen) atoms. The van der Waals surface area contributed by atoms with Crippen molar-refractivity contribution in [1.82, 2.24) is 4.57 Å². The van der Waals surface area contributed by atoms with Gasteiger partial charge in [0.2, 0.25) is 0 Å². The Kier molecular flexibility index (Phi) is 9.89. The van der Waals surface area contributed by atoms with Gasteiger partial charge in [0.25, 0.3) is 5.56 Å². The number of methoxy groups -OCH3 is 1. The molecule has 5 rings (SSSR count). The number of ether oxygens (including phenoxy) is 4. The first-order valence-corrected chi connectivity index (χ1v) is 15.9. The van der Waals surface area contributed by atoms with Gasteiger partial charge in [-0.3, -0.25) is 9.36 Å². The standard InChI is InChI=1S/C34H32BrFN2O6S/c1-6-42-33(40)30-20(4)37-34-38(31(30)21-11-13-27(44-19(2)3)28(16-21)41-5)32(39)29(45-34)17-23-15-24(35)12-14-26(23)43-18-22-9-7-8-10-25(22)36/h7-17,19,31H,6,18H2,1-5H3/b29-17-/t31-/m0/s1. The largest absolute Gasteiger partial charge is 0.493 e. The zero-order valence-corrected chi connectivity index (χ0v) is 27.8. The molecule has 1 aliphatic rings. The molecule has 1 aliphatic heterocycles. The molecular weight excluding hydrogens is 663 g/mol. The molecular formula is C34H32BrFN2O6S. The summed E-state index contributed by atoms with van der Waals surface area (Å²) in [6.07, 6.45) is 1.63. The molecule has 8 nitrogen and oxygen atoms in total. The lowest BCUT2D eigenvalue weighted by Gasteiger charge is -2.25. The molecule has 0 radical (unpaired) electrons. The molecule has 0 fully saturated rings. The molecule has 0 saturated carbocycles. The molecule has 0 saturated heterocycles. The van der Waals surface area contributed by atoms with E-state index in [1.54, 1.807) is 56.3 Å². The van der Waals surface area contributed by atoms with Crippen LogP contribution in [0.3, 0.4) is 0 Å². The quantitative estimate of drug-likeness (QED) is 0.187. The van der Waals surface area contributed by atoms with Crippen LogP contribution in [-0.4, -0.2) is 30.4 Å². The van der Waals surface area contributed by atoms with Crippen molar-refractivity contribution in [3.63, 3.8) is 0 Å². The SMILES string of the molecule is CCOC(=O)C1=C(C)N=c2s/c(=C\c3cc(Br)ccc3OCc3ccccc3F)c(=O)n2[C@H]1c1ccc(OC(C)C)c(OC)c1. The van der Waals surface area contributed by atoms with Gasteiger partial charge in [0.15, 0.2) is 16.3 Å². The minimum Gasteiger partial charge on any atom is -0.493 e.